The summed E-state index contributed by atoms with van der Waals surface area (Å²) in [6.07, 6.45) is -0.854. The molecule has 1 aromatic carbocycles. The summed E-state index contributed by atoms with van der Waals surface area (Å²) in [6, 6.07) is 5.81. The predicted octanol–water partition coefficient (Wildman–Crippen LogP) is 0.528. The highest BCUT2D eigenvalue weighted by Crippen LogP contribution is 2.22. The molecule has 0 atom stereocenters. The molecule has 6 nitrogen and oxygen atoms in total. The summed E-state index contributed by atoms with van der Waals surface area (Å²) in [7, 11) is 0. The van der Waals surface area contributed by atoms with Crippen molar-refractivity contribution in [3.63, 3.8) is 0 Å². The Kier molecular flexibility index (Phi) is 3.57. The lowest BCUT2D eigenvalue weighted by atomic mass is 10.1. The summed E-state index contributed by atoms with van der Waals surface area (Å²) in [6.45, 7) is 2.85. The van der Waals surface area contributed by atoms with Crippen molar-refractivity contribution in [1.29, 1.82) is 0 Å². The third-order valence-corrected chi connectivity index (χ3v) is 3.26. The first-order valence-electron chi connectivity index (χ1n) is 5.93. The van der Waals surface area contributed by atoms with E-state index in [0.717, 1.165) is 11.3 Å². The molecule has 1 aromatic rings. The molecule has 18 heavy (non-hydrogen) atoms. The average Bonchev–Trinajstić information content (AvgIpc) is 2.38. The van der Waals surface area contributed by atoms with Crippen molar-refractivity contribution in [2.75, 3.05) is 36.8 Å². The first-order valence-corrected chi connectivity index (χ1v) is 5.93. The number of amides is 1. The van der Waals surface area contributed by atoms with E-state index in [9.17, 15) is 4.79 Å². The molecule has 1 aliphatic rings. The van der Waals surface area contributed by atoms with E-state index in [1.165, 1.54) is 4.90 Å². The molecule has 1 heterocycles. The number of hydrogen-bond donors (Lipinski definition) is 3. The Hall–Kier alpha value is -1.95. The second-order valence-corrected chi connectivity index (χ2v) is 4.34. The first-order chi connectivity index (χ1) is 8.61. The number of nitrogen functional groups attached to an aromatic ring is 1. The highest BCUT2D eigenvalue weighted by molar-refractivity contribution is 5.66. The lowest BCUT2D eigenvalue weighted by molar-refractivity contribution is 0.142. The minimum Gasteiger partial charge on any atom is -0.465 e. The van der Waals surface area contributed by atoms with Crippen LogP contribution in [0.5, 0.6) is 0 Å². The highest BCUT2D eigenvalue weighted by atomic mass is 16.4. The number of nitrogens with two attached hydrogens (primary N) is 2. The average molecular weight is 250 g/mol. The molecule has 1 fully saturated rings. The van der Waals surface area contributed by atoms with E-state index in [-0.39, 0.29) is 0 Å². The topological polar surface area (TPSA) is 95.8 Å². The van der Waals surface area contributed by atoms with E-state index in [1.54, 1.807) is 0 Å². The van der Waals surface area contributed by atoms with Gasteiger partial charge in [0, 0.05) is 44.1 Å². The van der Waals surface area contributed by atoms with Gasteiger partial charge < -0.3 is 26.4 Å². The van der Waals surface area contributed by atoms with Crippen LogP contribution in [-0.4, -0.2) is 42.3 Å². The van der Waals surface area contributed by atoms with Crippen molar-refractivity contribution < 1.29 is 9.90 Å². The highest BCUT2D eigenvalue weighted by Gasteiger charge is 2.20. The summed E-state index contributed by atoms with van der Waals surface area (Å²) in [4.78, 5) is 14.4. The third kappa shape index (κ3) is 2.48. The van der Waals surface area contributed by atoms with Crippen LogP contribution in [0, 0.1) is 0 Å². The van der Waals surface area contributed by atoms with Crippen LogP contribution in [0.1, 0.15) is 5.56 Å². The maximum absolute atomic E-state index is 10.8. The van der Waals surface area contributed by atoms with Gasteiger partial charge in [-0.2, -0.15) is 0 Å². The number of piperazine rings is 1. The smallest absolute Gasteiger partial charge is 0.407 e. The van der Waals surface area contributed by atoms with Gasteiger partial charge in [0.1, 0.15) is 0 Å². The molecule has 1 saturated heterocycles. The standard InChI is InChI=1S/C12H18N4O2/c13-8-9-1-2-10(7-11(9)14)15-3-5-16(6-4-15)12(17)18/h1-2,7H,3-6,8,13-14H2,(H,17,18). The summed E-state index contributed by atoms with van der Waals surface area (Å²) in [5, 5.41) is 8.88. The molecule has 0 unspecified atom stereocenters. The van der Waals surface area contributed by atoms with Crippen molar-refractivity contribution in [3.05, 3.63) is 23.8 Å². The molecule has 6 heteroatoms. The van der Waals surface area contributed by atoms with E-state index in [2.05, 4.69) is 4.90 Å². The van der Waals surface area contributed by atoms with E-state index < -0.39 is 6.09 Å². The molecule has 0 aliphatic carbocycles. The van der Waals surface area contributed by atoms with Gasteiger partial charge in [0.25, 0.3) is 0 Å². The summed E-state index contributed by atoms with van der Waals surface area (Å²) < 4.78 is 0. The van der Waals surface area contributed by atoms with E-state index >= 15 is 0 Å². The molecule has 0 aromatic heterocycles. The van der Waals surface area contributed by atoms with Crippen molar-refractivity contribution in [2.24, 2.45) is 5.73 Å². The number of hydrogen-bond acceptors (Lipinski definition) is 4. The van der Waals surface area contributed by atoms with Crippen molar-refractivity contribution in [2.45, 2.75) is 6.54 Å². The van der Waals surface area contributed by atoms with Crippen molar-refractivity contribution in [1.82, 2.24) is 4.90 Å². The Morgan fingerprint density at radius 3 is 2.44 bits per heavy atom. The Labute approximate surface area is 106 Å². The van der Waals surface area contributed by atoms with Gasteiger partial charge >= 0.3 is 6.09 Å². The second-order valence-electron chi connectivity index (χ2n) is 4.34. The monoisotopic (exact) mass is 250 g/mol. The maximum Gasteiger partial charge on any atom is 0.407 e. The third-order valence-electron chi connectivity index (χ3n) is 3.26. The quantitative estimate of drug-likeness (QED) is 0.665. The number of carbonyl (C=O) groups is 1. The summed E-state index contributed by atoms with van der Waals surface area (Å²) in [5.41, 5.74) is 14.1. The minimum atomic E-state index is -0.854. The second kappa shape index (κ2) is 5.14. The number of benzene rings is 1. The molecule has 1 amide bonds. The molecule has 1 aliphatic heterocycles. The van der Waals surface area contributed by atoms with Crippen LogP contribution < -0.4 is 16.4 Å². The number of anilines is 2. The van der Waals surface area contributed by atoms with Gasteiger partial charge in [-0.25, -0.2) is 4.79 Å². The first kappa shape index (κ1) is 12.5. The molecule has 0 radical (unpaired) electrons. The zero-order chi connectivity index (χ0) is 13.1. The SMILES string of the molecule is NCc1ccc(N2CCN(C(=O)O)CC2)cc1N. The molecule has 0 saturated carbocycles. The largest absolute Gasteiger partial charge is 0.465 e. The fraction of sp³-hybridized carbons (Fsp3) is 0.417. The molecule has 0 spiro atoms. The van der Waals surface area contributed by atoms with Crippen LogP contribution in [0.15, 0.2) is 18.2 Å². The number of nitrogens with zero attached hydrogens (tertiary/aromatic N) is 2. The van der Waals surface area contributed by atoms with Gasteiger partial charge in [-0.1, -0.05) is 6.07 Å². The van der Waals surface area contributed by atoms with E-state index in [0.29, 0.717) is 38.4 Å². The van der Waals surface area contributed by atoms with Crippen LogP contribution in [0.4, 0.5) is 16.2 Å². The maximum atomic E-state index is 10.8. The number of rotatable bonds is 2. The Morgan fingerprint density at radius 2 is 1.94 bits per heavy atom. The normalized spacial score (nSPS) is 15.8. The molecule has 98 valence electrons. The van der Waals surface area contributed by atoms with Gasteiger partial charge in [0.05, 0.1) is 0 Å². The van der Waals surface area contributed by atoms with E-state index in [1.807, 2.05) is 18.2 Å². The molecule has 5 N–H and O–H groups in total. The van der Waals surface area contributed by atoms with Gasteiger partial charge in [-0.3, -0.25) is 0 Å². The summed E-state index contributed by atoms with van der Waals surface area (Å²) >= 11 is 0. The number of carboxylic acid groups (broad SMARTS) is 1. The van der Waals surface area contributed by atoms with Gasteiger partial charge in [0.15, 0.2) is 0 Å². The van der Waals surface area contributed by atoms with Gasteiger partial charge in [0.2, 0.25) is 0 Å². The van der Waals surface area contributed by atoms with Crippen molar-refractivity contribution in [3.8, 4) is 0 Å². The van der Waals surface area contributed by atoms with Gasteiger partial charge in [-0.05, 0) is 17.7 Å². The minimum absolute atomic E-state index is 0.429. The molecular weight excluding hydrogens is 232 g/mol. The lowest BCUT2D eigenvalue weighted by Crippen LogP contribution is -2.48. The van der Waals surface area contributed by atoms with Gasteiger partial charge in [-0.15, -0.1) is 0 Å². The van der Waals surface area contributed by atoms with Crippen LogP contribution in [-0.2, 0) is 6.54 Å². The fourth-order valence-corrected chi connectivity index (χ4v) is 2.12. The molecular formula is C12H18N4O2. The molecule has 0 bridgehead atoms. The van der Waals surface area contributed by atoms with E-state index in [4.69, 9.17) is 16.6 Å². The summed E-state index contributed by atoms with van der Waals surface area (Å²) in [5.74, 6) is 0. The zero-order valence-corrected chi connectivity index (χ0v) is 10.2. The Morgan fingerprint density at radius 1 is 1.28 bits per heavy atom. The lowest BCUT2D eigenvalue weighted by Gasteiger charge is -2.34. The predicted molar refractivity (Wildman–Crippen MR) is 70.6 cm³/mol. The van der Waals surface area contributed by atoms with Crippen LogP contribution >= 0.6 is 0 Å². The van der Waals surface area contributed by atoms with Crippen LogP contribution in [0.2, 0.25) is 0 Å². The Balaban J connectivity index is 2.05. The van der Waals surface area contributed by atoms with Crippen LogP contribution in [0.25, 0.3) is 0 Å². The molecule has 2 rings (SSSR count). The van der Waals surface area contributed by atoms with Crippen LogP contribution in [0.3, 0.4) is 0 Å². The zero-order valence-electron chi connectivity index (χ0n) is 10.2. The fourth-order valence-electron chi connectivity index (χ4n) is 2.12. The Bertz CT molecular complexity index is 442. The van der Waals surface area contributed by atoms with Crippen molar-refractivity contribution >= 4 is 17.5 Å².